The van der Waals surface area contributed by atoms with E-state index in [1.165, 1.54) is 0 Å². The number of aliphatic hydroxyl groups is 1. The molecule has 0 rings (SSSR count). The number of carbonyl (C=O) groups is 3. The smallest absolute Gasteiger partial charge is 0.336 e. The van der Waals surface area contributed by atoms with Crippen LogP contribution in [-0.2, 0) is 14.4 Å². The first-order chi connectivity index (χ1) is 6.28. The summed E-state index contributed by atoms with van der Waals surface area (Å²) in [6, 6.07) is 0. The normalized spacial score (nSPS) is 11.8. The molecule has 0 saturated carbocycles. The number of aliphatic carboxylic acids is 3. The predicted molar refractivity (Wildman–Crippen MR) is 59.0 cm³/mol. The molecule has 0 aliphatic rings. The number of carboxylic acids is 3. The summed E-state index contributed by atoms with van der Waals surface area (Å²) >= 11 is 0. The van der Waals surface area contributed by atoms with Crippen LogP contribution in [0.1, 0.15) is 19.3 Å². The fraction of sp³-hybridized carbons (Fsp3) is 0.571. The minimum Gasteiger partial charge on any atom is -0.481 e. The van der Waals surface area contributed by atoms with Gasteiger partial charge < -0.3 is 20.4 Å². The Bertz CT molecular complexity index is 270. The summed E-state index contributed by atoms with van der Waals surface area (Å²) in [7, 11) is 0. The van der Waals surface area contributed by atoms with E-state index in [0.29, 0.717) is 0 Å². The summed E-state index contributed by atoms with van der Waals surface area (Å²) in [6.45, 7) is 0. The van der Waals surface area contributed by atoms with Gasteiger partial charge in [-0.05, 0) is 6.42 Å². The van der Waals surface area contributed by atoms with Crippen LogP contribution < -0.4 is 0 Å². The first-order valence-electron chi connectivity index (χ1n) is 3.67. The van der Waals surface area contributed by atoms with E-state index in [1.54, 1.807) is 0 Å². The van der Waals surface area contributed by atoms with E-state index in [1.807, 2.05) is 0 Å². The third-order valence-corrected chi connectivity index (χ3v) is 1.59. The molecule has 0 bridgehead atoms. The molecule has 0 unspecified atom stereocenters. The van der Waals surface area contributed by atoms with Crippen LogP contribution in [0.25, 0.3) is 0 Å². The zero-order valence-corrected chi connectivity index (χ0v) is 16.1. The van der Waals surface area contributed by atoms with E-state index in [9.17, 15) is 19.5 Å². The fourth-order valence-corrected chi connectivity index (χ4v) is 0.835. The molecule has 17 heavy (non-hydrogen) atoms. The summed E-state index contributed by atoms with van der Waals surface area (Å²) < 4.78 is 0. The Morgan fingerprint density at radius 1 is 0.882 bits per heavy atom. The Hall–Kier alpha value is 1.37. The average molecular weight is 275 g/mol. The molecule has 4 N–H and O–H groups in total. The SMILES string of the molecule is O=C(O)CC[C@@](O)(CC(=O)O)C(=O)O.[Na].[Na].[Na]. The predicted octanol–water partition coefficient (Wildman–Crippen LogP) is -2.00. The summed E-state index contributed by atoms with van der Waals surface area (Å²) in [5.74, 6) is -4.53. The molecule has 0 aromatic carbocycles. The van der Waals surface area contributed by atoms with Gasteiger partial charge in [0.25, 0.3) is 0 Å². The molecular weight excluding hydrogens is 265 g/mol. The van der Waals surface area contributed by atoms with Gasteiger partial charge in [0.15, 0.2) is 5.60 Å². The van der Waals surface area contributed by atoms with Gasteiger partial charge in [-0.3, -0.25) is 9.59 Å². The van der Waals surface area contributed by atoms with Crippen LogP contribution in [-0.4, -0.2) is 133 Å². The van der Waals surface area contributed by atoms with E-state index < -0.39 is 42.8 Å². The Balaban J connectivity index is -0.000000282. The van der Waals surface area contributed by atoms with Gasteiger partial charge in [0.05, 0.1) is 6.42 Å². The standard InChI is InChI=1S/C7H10O7.3Na/c8-4(9)1-2-7(14,6(12)13)3-5(10)11;;;/h14H,1-3H2,(H,8,9)(H,10,11)(H,12,13);;;/t7-;;;/m1.../s1. The van der Waals surface area contributed by atoms with Crippen LogP contribution in [0.3, 0.4) is 0 Å². The van der Waals surface area contributed by atoms with E-state index in [0.717, 1.165) is 0 Å². The minimum absolute atomic E-state index is 0. The summed E-state index contributed by atoms with van der Waals surface area (Å²) in [5.41, 5.74) is -2.51. The maximum atomic E-state index is 10.5. The van der Waals surface area contributed by atoms with Gasteiger partial charge in [-0.1, -0.05) is 0 Å². The number of hydrogen-bond acceptors (Lipinski definition) is 4. The van der Waals surface area contributed by atoms with E-state index in [4.69, 9.17) is 15.3 Å². The van der Waals surface area contributed by atoms with Crippen molar-refractivity contribution in [1.29, 1.82) is 0 Å². The van der Waals surface area contributed by atoms with Crippen LogP contribution in [0, 0.1) is 0 Å². The Morgan fingerprint density at radius 3 is 1.53 bits per heavy atom. The van der Waals surface area contributed by atoms with Crippen molar-refractivity contribution < 1.29 is 34.8 Å². The minimum atomic E-state index is -2.51. The molecule has 0 aliphatic heterocycles. The van der Waals surface area contributed by atoms with E-state index in [2.05, 4.69) is 0 Å². The summed E-state index contributed by atoms with van der Waals surface area (Å²) in [6.07, 6.45) is -2.25. The quantitative estimate of drug-likeness (QED) is 0.412. The van der Waals surface area contributed by atoms with Crippen molar-refractivity contribution in [2.75, 3.05) is 0 Å². The summed E-state index contributed by atoms with van der Waals surface area (Å²) in [5, 5.41) is 34.3. The molecule has 3 radical (unpaired) electrons. The van der Waals surface area contributed by atoms with Crippen LogP contribution in [0.2, 0.25) is 0 Å². The van der Waals surface area contributed by atoms with Crippen LogP contribution in [0.4, 0.5) is 0 Å². The van der Waals surface area contributed by atoms with Crippen LogP contribution >= 0.6 is 0 Å². The zero-order chi connectivity index (χ0) is 11.4. The molecule has 10 heteroatoms. The molecule has 83 valence electrons. The maximum Gasteiger partial charge on any atom is 0.336 e. The number of carboxylic acid groups (broad SMARTS) is 3. The van der Waals surface area contributed by atoms with Crippen molar-refractivity contribution in [3.8, 4) is 0 Å². The molecule has 0 fully saturated rings. The molecule has 0 aromatic heterocycles. The molecule has 0 saturated heterocycles. The molecule has 0 spiro atoms. The van der Waals surface area contributed by atoms with Crippen molar-refractivity contribution in [3.63, 3.8) is 0 Å². The van der Waals surface area contributed by atoms with E-state index >= 15 is 0 Å². The zero-order valence-electron chi connectivity index (χ0n) is 10.1. The van der Waals surface area contributed by atoms with Gasteiger partial charge in [-0.25, -0.2) is 4.79 Å². The largest absolute Gasteiger partial charge is 0.481 e. The average Bonchev–Trinajstić information content (AvgIpc) is 1.99. The Kier molecular flexibility index (Phi) is 19.6. The van der Waals surface area contributed by atoms with Gasteiger partial charge in [-0.15, -0.1) is 0 Å². The molecular formula is C7H10Na3O7. The van der Waals surface area contributed by atoms with Crippen LogP contribution in [0.15, 0.2) is 0 Å². The monoisotopic (exact) mass is 275 g/mol. The maximum absolute atomic E-state index is 10.5. The first-order valence-corrected chi connectivity index (χ1v) is 3.67. The number of hydrogen-bond donors (Lipinski definition) is 4. The molecule has 0 aromatic rings. The van der Waals surface area contributed by atoms with Crippen molar-refractivity contribution >= 4 is 107 Å². The van der Waals surface area contributed by atoms with Crippen LogP contribution in [0.5, 0.6) is 0 Å². The summed E-state index contributed by atoms with van der Waals surface area (Å²) in [4.78, 5) is 30.8. The Morgan fingerprint density at radius 2 is 1.29 bits per heavy atom. The molecule has 0 amide bonds. The van der Waals surface area contributed by atoms with E-state index in [-0.39, 0.29) is 88.7 Å². The van der Waals surface area contributed by atoms with Gasteiger partial charge in [-0.2, -0.15) is 0 Å². The fourth-order valence-electron chi connectivity index (χ4n) is 0.835. The second-order valence-corrected chi connectivity index (χ2v) is 2.80. The van der Waals surface area contributed by atoms with Gasteiger partial charge in [0.2, 0.25) is 0 Å². The van der Waals surface area contributed by atoms with Crippen molar-refractivity contribution in [2.24, 2.45) is 0 Å². The van der Waals surface area contributed by atoms with Gasteiger partial charge in [0.1, 0.15) is 0 Å². The topological polar surface area (TPSA) is 132 Å². The first kappa shape index (κ1) is 26.8. The van der Waals surface area contributed by atoms with Gasteiger partial charge in [0, 0.05) is 95.1 Å². The molecule has 1 atom stereocenters. The van der Waals surface area contributed by atoms with Crippen molar-refractivity contribution in [1.82, 2.24) is 0 Å². The molecule has 7 nitrogen and oxygen atoms in total. The second-order valence-electron chi connectivity index (χ2n) is 2.80. The van der Waals surface area contributed by atoms with Gasteiger partial charge >= 0.3 is 17.9 Å². The third-order valence-electron chi connectivity index (χ3n) is 1.59. The van der Waals surface area contributed by atoms with Crippen molar-refractivity contribution in [3.05, 3.63) is 0 Å². The molecule has 0 heterocycles. The second kappa shape index (κ2) is 12.4. The number of rotatable bonds is 6. The third kappa shape index (κ3) is 12.2. The van der Waals surface area contributed by atoms with Crippen molar-refractivity contribution in [2.45, 2.75) is 24.9 Å². The Labute approximate surface area is 164 Å². The molecule has 0 aliphatic carbocycles.